The molecule has 1 unspecified atom stereocenters. The van der Waals surface area contributed by atoms with Crippen LogP contribution in [0.15, 0.2) is 48.5 Å². The highest BCUT2D eigenvalue weighted by molar-refractivity contribution is 6.30. The van der Waals surface area contributed by atoms with Crippen molar-refractivity contribution in [2.45, 2.75) is 12.5 Å². The van der Waals surface area contributed by atoms with E-state index in [9.17, 15) is 10.1 Å². The molecule has 3 aromatic rings. The van der Waals surface area contributed by atoms with E-state index in [4.69, 9.17) is 16.3 Å². The topological polar surface area (TPSA) is 87.9 Å². The number of para-hydroxylation sites is 3. The lowest BCUT2D eigenvalue weighted by Gasteiger charge is -2.13. The zero-order chi connectivity index (χ0) is 18.5. The van der Waals surface area contributed by atoms with Crippen molar-refractivity contribution >= 4 is 28.5 Å². The number of aromatic nitrogens is 2. The molecule has 0 fully saturated rings. The fourth-order valence-corrected chi connectivity index (χ4v) is 2.80. The van der Waals surface area contributed by atoms with E-state index >= 15 is 0 Å². The Morgan fingerprint density at radius 1 is 1.19 bits per heavy atom. The van der Waals surface area contributed by atoms with Crippen LogP contribution in [0, 0.1) is 11.3 Å². The minimum absolute atomic E-state index is 0.0442. The van der Waals surface area contributed by atoms with Crippen LogP contribution in [-0.2, 0) is 11.3 Å². The Bertz CT molecular complexity index is 1000. The molecular formula is C19H15ClN4O2. The normalized spacial score (nSPS) is 11.6. The molecule has 1 amide bonds. The van der Waals surface area contributed by atoms with Crippen molar-refractivity contribution in [1.29, 1.82) is 5.26 Å². The van der Waals surface area contributed by atoms with Crippen molar-refractivity contribution < 1.29 is 9.53 Å². The highest BCUT2D eigenvalue weighted by atomic mass is 35.5. The molecule has 6 nitrogen and oxygen atoms in total. The molecule has 2 aromatic carbocycles. The molecule has 26 heavy (non-hydrogen) atoms. The largest absolute Gasteiger partial charge is 0.496 e. The quantitative estimate of drug-likeness (QED) is 0.749. The SMILES string of the molecule is COc1ccccc1CNC(=O)C(C#N)c1nc2ccccc2nc1Cl. The van der Waals surface area contributed by atoms with Crippen molar-refractivity contribution in [3.05, 3.63) is 64.9 Å². The summed E-state index contributed by atoms with van der Waals surface area (Å²) in [5.74, 6) is -0.996. The van der Waals surface area contributed by atoms with Crippen molar-refractivity contribution in [2.24, 2.45) is 0 Å². The summed E-state index contributed by atoms with van der Waals surface area (Å²) in [4.78, 5) is 21.1. The lowest BCUT2D eigenvalue weighted by Crippen LogP contribution is -2.29. The zero-order valence-corrected chi connectivity index (χ0v) is 14.7. The van der Waals surface area contributed by atoms with E-state index in [0.717, 1.165) is 5.56 Å². The van der Waals surface area contributed by atoms with Gasteiger partial charge in [-0.25, -0.2) is 9.97 Å². The minimum atomic E-state index is -1.16. The number of hydrogen-bond acceptors (Lipinski definition) is 5. The lowest BCUT2D eigenvalue weighted by molar-refractivity contribution is -0.121. The number of methoxy groups -OCH3 is 1. The number of carbonyl (C=O) groups excluding carboxylic acids is 1. The van der Waals surface area contributed by atoms with Gasteiger partial charge in [-0.15, -0.1) is 0 Å². The van der Waals surface area contributed by atoms with Gasteiger partial charge in [0, 0.05) is 12.1 Å². The van der Waals surface area contributed by atoms with Gasteiger partial charge in [-0.2, -0.15) is 5.26 Å². The van der Waals surface area contributed by atoms with Gasteiger partial charge in [0.25, 0.3) is 0 Å². The highest BCUT2D eigenvalue weighted by Crippen LogP contribution is 2.24. The summed E-state index contributed by atoms with van der Waals surface area (Å²) in [5.41, 5.74) is 2.12. The van der Waals surface area contributed by atoms with E-state index in [1.807, 2.05) is 30.3 Å². The van der Waals surface area contributed by atoms with E-state index in [2.05, 4.69) is 15.3 Å². The molecule has 0 aliphatic heterocycles. The zero-order valence-electron chi connectivity index (χ0n) is 13.9. The number of nitrogens with zero attached hydrogens (tertiary/aromatic N) is 3. The van der Waals surface area contributed by atoms with E-state index in [-0.39, 0.29) is 17.4 Å². The maximum Gasteiger partial charge on any atom is 0.243 e. The second-order valence-corrected chi connectivity index (χ2v) is 5.84. The number of benzene rings is 2. The third kappa shape index (κ3) is 3.58. The van der Waals surface area contributed by atoms with Crippen LogP contribution in [-0.4, -0.2) is 23.0 Å². The Kier molecular flexibility index (Phi) is 5.30. The fourth-order valence-electron chi connectivity index (χ4n) is 2.55. The van der Waals surface area contributed by atoms with Gasteiger partial charge in [-0.1, -0.05) is 41.9 Å². The Morgan fingerprint density at radius 2 is 1.85 bits per heavy atom. The van der Waals surface area contributed by atoms with Crippen LogP contribution >= 0.6 is 11.6 Å². The number of nitriles is 1. The summed E-state index contributed by atoms with van der Waals surface area (Å²) >= 11 is 6.16. The molecule has 0 saturated heterocycles. The minimum Gasteiger partial charge on any atom is -0.496 e. The van der Waals surface area contributed by atoms with Crippen molar-refractivity contribution in [3.8, 4) is 11.8 Å². The summed E-state index contributed by atoms with van der Waals surface area (Å²) in [7, 11) is 1.56. The molecule has 0 aliphatic carbocycles. The number of hydrogen-bond donors (Lipinski definition) is 1. The van der Waals surface area contributed by atoms with E-state index in [0.29, 0.717) is 16.8 Å². The van der Waals surface area contributed by atoms with Crippen LogP contribution in [0.5, 0.6) is 5.75 Å². The fraction of sp³-hybridized carbons (Fsp3) is 0.158. The van der Waals surface area contributed by atoms with Gasteiger partial charge < -0.3 is 10.1 Å². The molecule has 1 heterocycles. The maximum absolute atomic E-state index is 12.5. The molecule has 0 saturated carbocycles. The van der Waals surface area contributed by atoms with E-state index in [1.165, 1.54) is 0 Å². The van der Waals surface area contributed by atoms with Crippen LogP contribution in [0.1, 0.15) is 17.2 Å². The summed E-state index contributed by atoms with van der Waals surface area (Å²) < 4.78 is 5.26. The van der Waals surface area contributed by atoms with Crippen LogP contribution in [0.4, 0.5) is 0 Å². The molecule has 1 atom stereocenters. The smallest absolute Gasteiger partial charge is 0.243 e. The number of halogens is 1. The first-order valence-electron chi connectivity index (χ1n) is 7.85. The van der Waals surface area contributed by atoms with Gasteiger partial charge in [0.15, 0.2) is 11.1 Å². The third-order valence-electron chi connectivity index (χ3n) is 3.86. The number of ether oxygens (including phenoxy) is 1. The predicted octanol–water partition coefficient (Wildman–Crippen LogP) is 3.22. The van der Waals surface area contributed by atoms with Crippen molar-refractivity contribution in [1.82, 2.24) is 15.3 Å². The molecule has 0 radical (unpaired) electrons. The number of carbonyl (C=O) groups is 1. The van der Waals surface area contributed by atoms with Gasteiger partial charge in [0.2, 0.25) is 5.91 Å². The van der Waals surface area contributed by atoms with Crippen LogP contribution in [0.3, 0.4) is 0 Å². The first-order valence-corrected chi connectivity index (χ1v) is 8.23. The molecule has 0 bridgehead atoms. The van der Waals surface area contributed by atoms with Crippen LogP contribution < -0.4 is 10.1 Å². The van der Waals surface area contributed by atoms with Gasteiger partial charge in [0.1, 0.15) is 11.4 Å². The number of nitrogens with one attached hydrogen (secondary N) is 1. The van der Waals surface area contributed by atoms with Crippen LogP contribution in [0.2, 0.25) is 5.15 Å². The predicted molar refractivity (Wildman–Crippen MR) is 97.7 cm³/mol. The van der Waals surface area contributed by atoms with E-state index in [1.54, 1.807) is 31.4 Å². The molecule has 1 N–H and O–H groups in total. The highest BCUT2D eigenvalue weighted by Gasteiger charge is 2.25. The van der Waals surface area contributed by atoms with Crippen molar-refractivity contribution in [3.63, 3.8) is 0 Å². The average molecular weight is 367 g/mol. The summed E-state index contributed by atoms with van der Waals surface area (Å²) in [6, 6.07) is 16.4. The van der Waals surface area contributed by atoms with Crippen LogP contribution in [0.25, 0.3) is 11.0 Å². The molecule has 3 rings (SSSR count). The molecule has 7 heteroatoms. The number of fused-ring (bicyclic) bond motifs is 1. The van der Waals surface area contributed by atoms with Gasteiger partial charge in [-0.05, 0) is 18.2 Å². The first kappa shape index (κ1) is 17.6. The second-order valence-electron chi connectivity index (χ2n) is 5.48. The maximum atomic E-state index is 12.5. The molecular weight excluding hydrogens is 352 g/mol. The monoisotopic (exact) mass is 366 g/mol. The summed E-state index contributed by atoms with van der Waals surface area (Å²) in [6.45, 7) is 0.222. The standard InChI is InChI=1S/C19H15ClN4O2/c1-26-16-9-5-2-6-12(16)11-22-19(25)13(10-21)17-18(20)24-15-8-4-3-7-14(15)23-17/h2-9,13H,11H2,1H3,(H,22,25). The second kappa shape index (κ2) is 7.81. The Labute approximate surface area is 155 Å². The first-order chi connectivity index (χ1) is 12.6. The van der Waals surface area contributed by atoms with Gasteiger partial charge >= 0.3 is 0 Å². The molecule has 130 valence electrons. The lowest BCUT2D eigenvalue weighted by atomic mass is 10.1. The molecule has 0 spiro atoms. The van der Waals surface area contributed by atoms with Gasteiger partial charge in [-0.3, -0.25) is 4.79 Å². The number of amides is 1. The Hall–Kier alpha value is -3.17. The Balaban J connectivity index is 1.83. The summed E-state index contributed by atoms with van der Waals surface area (Å²) in [6.07, 6.45) is 0. The molecule has 1 aromatic heterocycles. The van der Waals surface area contributed by atoms with E-state index < -0.39 is 11.8 Å². The average Bonchev–Trinajstić information content (AvgIpc) is 2.67. The van der Waals surface area contributed by atoms with Gasteiger partial charge in [0.05, 0.1) is 24.2 Å². The van der Waals surface area contributed by atoms with Crippen molar-refractivity contribution in [2.75, 3.05) is 7.11 Å². The summed E-state index contributed by atoms with van der Waals surface area (Å²) in [5, 5.41) is 12.3. The molecule has 0 aliphatic rings. The Morgan fingerprint density at radius 3 is 2.54 bits per heavy atom. The third-order valence-corrected chi connectivity index (χ3v) is 4.14. The number of rotatable bonds is 5.